The predicted octanol–water partition coefficient (Wildman–Crippen LogP) is 3.16. The van der Waals surface area contributed by atoms with Crippen molar-refractivity contribution in [2.24, 2.45) is 11.7 Å². The van der Waals surface area contributed by atoms with Gasteiger partial charge in [-0.1, -0.05) is 6.07 Å². The van der Waals surface area contributed by atoms with Gasteiger partial charge in [0.2, 0.25) is 5.95 Å². The normalized spacial score (nSPS) is 15.9. The van der Waals surface area contributed by atoms with Crippen LogP contribution in [-0.2, 0) is 4.74 Å². The lowest BCUT2D eigenvalue weighted by Gasteiger charge is -2.29. The molecule has 29 heavy (non-hydrogen) atoms. The van der Waals surface area contributed by atoms with Gasteiger partial charge >= 0.3 is 0 Å². The molecule has 0 bridgehead atoms. The van der Waals surface area contributed by atoms with E-state index in [-0.39, 0.29) is 11.7 Å². The summed E-state index contributed by atoms with van der Waals surface area (Å²) >= 11 is 0. The van der Waals surface area contributed by atoms with Crippen molar-refractivity contribution in [2.75, 3.05) is 18.5 Å². The number of primary amides is 1. The lowest BCUT2D eigenvalue weighted by atomic mass is 9.92. The third kappa shape index (κ3) is 4.02. The Balaban J connectivity index is 1.78. The van der Waals surface area contributed by atoms with Gasteiger partial charge in [0, 0.05) is 36.4 Å². The van der Waals surface area contributed by atoms with Crippen molar-refractivity contribution < 1.29 is 13.9 Å². The maximum Gasteiger partial charge on any atom is 0.271 e. The van der Waals surface area contributed by atoms with Crippen LogP contribution in [0.25, 0.3) is 22.0 Å². The molecule has 150 valence electrons. The van der Waals surface area contributed by atoms with E-state index in [0.29, 0.717) is 17.1 Å². The number of nitrogens with one attached hydrogen (secondary N) is 1. The van der Waals surface area contributed by atoms with Gasteiger partial charge in [-0.15, -0.1) is 10.2 Å². The number of fused-ring (bicyclic) bond motifs is 1. The molecule has 3 heterocycles. The minimum atomic E-state index is -0.644. The van der Waals surface area contributed by atoms with Gasteiger partial charge in [0.25, 0.3) is 5.91 Å². The monoisotopic (exact) mass is 395 g/mol. The van der Waals surface area contributed by atoms with E-state index < -0.39 is 11.9 Å². The van der Waals surface area contributed by atoms with Crippen LogP contribution in [0.1, 0.15) is 30.3 Å². The van der Waals surface area contributed by atoms with Crippen molar-refractivity contribution in [3.8, 4) is 11.1 Å². The van der Waals surface area contributed by atoms with Crippen LogP contribution in [-0.4, -0.2) is 40.3 Å². The summed E-state index contributed by atoms with van der Waals surface area (Å²) in [4.78, 5) is 15.7. The third-order valence-corrected chi connectivity index (χ3v) is 5.40. The van der Waals surface area contributed by atoms with Crippen molar-refractivity contribution in [2.45, 2.75) is 25.8 Å². The Morgan fingerprint density at radius 3 is 2.66 bits per heavy atom. The number of amides is 1. The number of halogens is 1. The summed E-state index contributed by atoms with van der Waals surface area (Å²) < 4.78 is 18.6. The predicted molar refractivity (Wildman–Crippen MR) is 108 cm³/mol. The van der Waals surface area contributed by atoms with E-state index in [1.807, 2.05) is 18.2 Å². The minimum Gasteiger partial charge on any atom is -0.381 e. The van der Waals surface area contributed by atoms with Crippen LogP contribution in [0, 0.1) is 11.9 Å². The molecule has 0 radical (unpaired) electrons. The molecule has 1 amide bonds. The van der Waals surface area contributed by atoms with Gasteiger partial charge in [0.1, 0.15) is 0 Å². The summed E-state index contributed by atoms with van der Waals surface area (Å²) in [5.41, 5.74) is 8.47. The van der Waals surface area contributed by atoms with Gasteiger partial charge < -0.3 is 15.8 Å². The van der Waals surface area contributed by atoms with Gasteiger partial charge in [-0.25, -0.2) is 4.98 Å². The number of hydrogen-bond donors (Lipinski definition) is 2. The first kappa shape index (κ1) is 19.2. The quantitative estimate of drug-likeness (QED) is 0.643. The van der Waals surface area contributed by atoms with Crippen LogP contribution in [0.5, 0.6) is 0 Å². The number of rotatable bonds is 5. The Bertz CT molecular complexity index is 1040. The number of carbonyl (C=O) groups is 1. The highest BCUT2D eigenvalue weighted by Crippen LogP contribution is 2.31. The molecule has 0 aliphatic carbocycles. The van der Waals surface area contributed by atoms with E-state index in [9.17, 15) is 9.18 Å². The third-order valence-electron chi connectivity index (χ3n) is 5.40. The van der Waals surface area contributed by atoms with E-state index >= 15 is 0 Å². The van der Waals surface area contributed by atoms with Gasteiger partial charge in [0.05, 0.1) is 11.2 Å². The number of anilines is 1. The highest BCUT2D eigenvalue weighted by Gasteiger charge is 2.24. The number of nitrogens with two attached hydrogens (primary N) is 1. The highest BCUT2D eigenvalue weighted by molar-refractivity contribution is 6.05. The van der Waals surface area contributed by atoms with E-state index in [1.165, 1.54) is 12.3 Å². The molecule has 0 unspecified atom stereocenters. The fourth-order valence-corrected chi connectivity index (χ4v) is 3.71. The van der Waals surface area contributed by atoms with E-state index in [0.717, 1.165) is 42.6 Å². The smallest absolute Gasteiger partial charge is 0.271 e. The second-order valence-corrected chi connectivity index (χ2v) is 7.27. The zero-order valence-corrected chi connectivity index (χ0v) is 16.1. The number of hydrogen-bond acceptors (Lipinski definition) is 6. The van der Waals surface area contributed by atoms with Gasteiger partial charge in [-0.3, -0.25) is 4.79 Å². The second kappa shape index (κ2) is 8.08. The molecule has 1 aromatic carbocycles. The number of pyridine rings is 1. The van der Waals surface area contributed by atoms with Crippen molar-refractivity contribution >= 4 is 22.5 Å². The maximum absolute atomic E-state index is 13.2. The first-order valence-electron chi connectivity index (χ1n) is 9.59. The van der Waals surface area contributed by atoms with Crippen LogP contribution in [0.15, 0.2) is 36.5 Å². The van der Waals surface area contributed by atoms with Crippen LogP contribution < -0.4 is 11.1 Å². The summed E-state index contributed by atoms with van der Waals surface area (Å²) in [7, 11) is 0. The first-order valence-corrected chi connectivity index (χ1v) is 9.59. The lowest BCUT2D eigenvalue weighted by molar-refractivity contribution is 0.0622. The number of aromatic nitrogens is 3. The molecular formula is C21H22FN5O2. The summed E-state index contributed by atoms with van der Waals surface area (Å²) in [6.07, 6.45) is 3.36. The topological polar surface area (TPSA) is 103 Å². The average Bonchev–Trinajstić information content (AvgIpc) is 2.74. The van der Waals surface area contributed by atoms with Crippen LogP contribution in [0.2, 0.25) is 0 Å². The Morgan fingerprint density at radius 2 is 1.97 bits per heavy atom. The van der Waals surface area contributed by atoms with Crippen LogP contribution in [0.3, 0.4) is 0 Å². The average molecular weight is 395 g/mol. The molecule has 3 N–H and O–H groups in total. The molecule has 1 aliphatic rings. The van der Waals surface area contributed by atoms with Crippen LogP contribution in [0.4, 0.5) is 10.1 Å². The molecule has 1 saturated heterocycles. The molecule has 3 aromatic rings. The molecule has 2 aromatic heterocycles. The minimum absolute atomic E-state index is 0.0977. The Labute approximate surface area is 167 Å². The van der Waals surface area contributed by atoms with Crippen molar-refractivity contribution in [3.05, 3.63) is 48.2 Å². The molecule has 8 heteroatoms. The summed E-state index contributed by atoms with van der Waals surface area (Å²) in [6.45, 7) is 3.55. The second-order valence-electron chi connectivity index (χ2n) is 7.27. The summed E-state index contributed by atoms with van der Waals surface area (Å²) in [5.74, 6) is -0.767. The maximum atomic E-state index is 13.2. The van der Waals surface area contributed by atoms with E-state index in [2.05, 4.69) is 27.4 Å². The molecule has 1 atom stereocenters. The standard InChI is InChI=1S/C21H22FN5O2/c1-12(13-6-8-29-9-7-13)25-19-16-10-14(15-3-5-18(22)24-11-15)2-4-17(16)26-27-20(19)21(23)28/h2-5,10-13H,6-9H2,1H3,(H2,23,28)(H,25,26)/t12-/m0/s1. The number of nitrogens with zero attached hydrogens (tertiary/aromatic N) is 3. The van der Waals surface area contributed by atoms with Gasteiger partial charge in [-0.05, 0) is 55.5 Å². The molecule has 4 rings (SSSR count). The number of ether oxygens (including phenoxy) is 1. The lowest BCUT2D eigenvalue weighted by Crippen LogP contribution is -2.32. The molecule has 1 fully saturated rings. The summed E-state index contributed by atoms with van der Waals surface area (Å²) in [5, 5.41) is 12.4. The molecular weight excluding hydrogens is 373 g/mol. The zero-order valence-electron chi connectivity index (χ0n) is 16.1. The fourth-order valence-electron chi connectivity index (χ4n) is 3.71. The molecule has 1 aliphatic heterocycles. The largest absolute Gasteiger partial charge is 0.381 e. The van der Waals surface area contributed by atoms with Gasteiger partial charge in [0.15, 0.2) is 5.69 Å². The number of benzene rings is 1. The Kier molecular flexibility index (Phi) is 5.35. The molecule has 0 spiro atoms. The Morgan fingerprint density at radius 1 is 1.21 bits per heavy atom. The highest BCUT2D eigenvalue weighted by atomic mass is 19.1. The van der Waals surface area contributed by atoms with Crippen molar-refractivity contribution in [1.82, 2.24) is 15.2 Å². The van der Waals surface area contributed by atoms with E-state index in [1.54, 1.807) is 6.07 Å². The van der Waals surface area contributed by atoms with Crippen molar-refractivity contribution in [1.29, 1.82) is 0 Å². The SMILES string of the molecule is C[C@H](Nc1c(C(N)=O)nnc2ccc(-c3ccc(F)nc3)cc12)C1CCOCC1. The van der Waals surface area contributed by atoms with Crippen LogP contribution >= 0.6 is 0 Å². The molecule has 0 saturated carbocycles. The van der Waals surface area contributed by atoms with Gasteiger partial charge in [-0.2, -0.15) is 4.39 Å². The first-order chi connectivity index (χ1) is 14.0. The Hall–Kier alpha value is -3.13. The molecule has 7 nitrogen and oxygen atoms in total. The summed E-state index contributed by atoms with van der Waals surface area (Å²) in [6, 6.07) is 8.64. The zero-order chi connectivity index (χ0) is 20.4. The van der Waals surface area contributed by atoms with E-state index in [4.69, 9.17) is 10.5 Å². The fraction of sp³-hybridized carbons (Fsp3) is 0.333. The number of carbonyl (C=O) groups excluding carboxylic acids is 1. The van der Waals surface area contributed by atoms with Crippen molar-refractivity contribution in [3.63, 3.8) is 0 Å².